The van der Waals surface area contributed by atoms with Crippen molar-refractivity contribution in [2.45, 2.75) is 13.8 Å². The van der Waals surface area contributed by atoms with Crippen LogP contribution in [0.25, 0.3) is 0 Å². The molecule has 0 bridgehead atoms. The highest BCUT2D eigenvalue weighted by Gasteiger charge is 2.13. The number of nitrogens with one attached hydrogen (secondary N) is 1. The van der Waals surface area contributed by atoms with Crippen LogP contribution in [0.1, 0.15) is 11.1 Å². The van der Waals surface area contributed by atoms with Gasteiger partial charge in [-0.05, 0) is 31.0 Å². The highest BCUT2D eigenvalue weighted by Crippen LogP contribution is 2.35. The minimum absolute atomic E-state index is 0.514. The van der Waals surface area contributed by atoms with Crippen LogP contribution in [-0.2, 0) is 0 Å². The van der Waals surface area contributed by atoms with Crippen LogP contribution in [0.2, 0.25) is 5.02 Å². The first-order chi connectivity index (χ1) is 6.97. The maximum absolute atomic E-state index is 10.8. The number of rotatable bonds is 2. The van der Waals surface area contributed by atoms with E-state index in [0.29, 0.717) is 16.5 Å². The number of aryl methyl sites for hydroxylation is 1. The minimum Gasteiger partial charge on any atom is -0.495 e. The number of amides is 2. The number of hydrogen-bond acceptors (Lipinski definition) is 2. The van der Waals surface area contributed by atoms with Crippen molar-refractivity contribution in [1.29, 1.82) is 0 Å². The van der Waals surface area contributed by atoms with E-state index in [-0.39, 0.29) is 0 Å². The molecule has 15 heavy (non-hydrogen) atoms. The van der Waals surface area contributed by atoms with Crippen molar-refractivity contribution in [3.05, 3.63) is 22.2 Å². The summed E-state index contributed by atoms with van der Waals surface area (Å²) in [6.45, 7) is 3.66. The smallest absolute Gasteiger partial charge is 0.316 e. The van der Waals surface area contributed by atoms with Gasteiger partial charge in [-0.3, -0.25) is 0 Å². The first-order valence-electron chi connectivity index (χ1n) is 4.37. The zero-order valence-electron chi connectivity index (χ0n) is 8.85. The molecule has 0 atom stereocenters. The Morgan fingerprint density at radius 1 is 1.53 bits per heavy atom. The van der Waals surface area contributed by atoms with E-state index in [1.165, 1.54) is 7.11 Å². The van der Waals surface area contributed by atoms with Gasteiger partial charge in [0.1, 0.15) is 5.75 Å². The Balaban J connectivity index is 3.33. The Hall–Kier alpha value is -1.42. The molecular formula is C10H13ClN2O2. The second kappa shape index (κ2) is 4.40. The van der Waals surface area contributed by atoms with Gasteiger partial charge in [-0.2, -0.15) is 0 Å². The Morgan fingerprint density at radius 2 is 2.13 bits per heavy atom. The SMILES string of the molecule is COc1cc(C)c(Cl)c(C)c1NC(N)=O. The van der Waals surface area contributed by atoms with Gasteiger partial charge in [-0.15, -0.1) is 0 Å². The monoisotopic (exact) mass is 228 g/mol. The first-order valence-corrected chi connectivity index (χ1v) is 4.75. The Kier molecular flexibility index (Phi) is 3.42. The number of hydrogen-bond donors (Lipinski definition) is 2. The topological polar surface area (TPSA) is 64.3 Å². The number of ether oxygens (including phenoxy) is 1. The van der Waals surface area contributed by atoms with E-state index in [4.69, 9.17) is 22.1 Å². The number of carbonyl (C=O) groups excluding carboxylic acids is 1. The van der Waals surface area contributed by atoms with Gasteiger partial charge in [0.05, 0.1) is 12.8 Å². The van der Waals surface area contributed by atoms with Crippen LogP contribution in [-0.4, -0.2) is 13.1 Å². The van der Waals surface area contributed by atoms with Crippen LogP contribution in [0.5, 0.6) is 5.75 Å². The molecule has 0 aliphatic heterocycles. The van der Waals surface area contributed by atoms with Crippen LogP contribution >= 0.6 is 11.6 Å². The van der Waals surface area contributed by atoms with Gasteiger partial charge in [-0.1, -0.05) is 11.6 Å². The molecule has 0 radical (unpaired) electrons. The molecule has 0 aliphatic rings. The molecule has 4 nitrogen and oxygen atoms in total. The molecule has 0 saturated heterocycles. The molecule has 1 aromatic rings. The summed E-state index contributed by atoms with van der Waals surface area (Å²) in [4.78, 5) is 10.8. The number of halogens is 1. The van der Waals surface area contributed by atoms with Crippen molar-refractivity contribution in [1.82, 2.24) is 0 Å². The van der Waals surface area contributed by atoms with Crippen molar-refractivity contribution in [2.24, 2.45) is 5.73 Å². The maximum Gasteiger partial charge on any atom is 0.316 e. The van der Waals surface area contributed by atoms with E-state index in [0.717, 1.165) is 11.1 Å². The van der Waals surface area contributed by atoms with Gasteiger partial charge in [0.2, 0.25) is 0 Å². The fourth-order valence-corrected chi connectivity index (χ4v) is 1.51. The van der Waals surface area contributed by atoms with E-state index in [2.05, 4.69) is 5.32 Å². The standard InChI is InChI=1S/C10H13ClN2O2/c1-5-4-7(15-3)9(13-10(12)14)6(2)8(5)11/h4H,1-3H3,(H3,12,13,14). The van der Waals surface area contributed by atoms with Crippen molar-refractivity contribution < 1.29 is 9.53 Å². The summed E-state index contributed by atoms with van der Waals surface area (Å²) >= 11 is 6.05. The number of benzene rings is 1. The zero-order chi connectivity index (χ0) is 11.6. The van der Waals surface area contributed by atoms with Crippen LogP contribution in [0.3, 0.4) is 0 Å². The van der Waals surface area contributed by atoms with Crippen molar-refractivity contribution in [3.8, 4) is 5.75 Å². The van der Waals surface area contributed by atoms with Gasteiger partial charge in [-0.25, -0.2) is 4.79 Å². The highest BCUT2D eigenvalue weighted by molar-refractivity contribution is 6.32. The average molecular weight is 229 g/mol. The summed E-state index contributed by atoms with van der Waals surface area (Å²) in [7, 11) is 1.52. The van der Waals surface area contributed by atoms with Crippen molar-refractivity contribution >= 4 is 23.3 Å². The quantitative estimate of drug-likeness (QED) is 0.817. The van der Waals surface area contributed by atoms with E-state index < -0.39 is 6.03 Å². The number of carbonyl (C=O) groups is 1. The number of urea groups is 1. The van der Waals surface area contributed by atoms with Gasteiger partial charge < -0.3 is 15.8 Å². The predicted octanol–water partition coefficient (Wildman–Crippen LogP) is 2.46. The fraction of sp³-hybridized carbons (Fsp3) is 0.300. The second-order valence-corrected chi connectivity index (χ2v) is 3.58. The average Bonchev–Trinajstić information content (AvgIpc) is 2.18. The van der Waals surface area contributed by atoms with Crippen LogP contribution < -0.4 is 15.8 Å². The third kappa shape index (κ3) is 2.33. The lowest BCUT2D eigenvalue weighted by molar-refractivity contribution is 0.259. The third-order valence-electron chi connectivity index (χ3n) is 2.11. The lowest BCUT2D eigenvalue weighted by atomic mass is 10.1. The molecular weight excluding hydrogens is 216 g/mol. The molecule has 0 heterocycles. The first kappa shape index (κ1) is 11.7. The summed E-state index contributed by atoms with van der Waals surface area (Å²) < 4.78 is 5.13. The second-order valence-electron chi connectivity index (χ2n) is 3.20. The van der Waals surface area contributed by atoms with Gasteiger partial charge in [0.15, 0.2) is 0 Å². The zero-order valence-corrected chi connectivity index (χ0v) is 9.61. The number of nitrogens with two attached hydrogens (primary N) is 1. The fourth-order valence-electron chi connectivity index (χ4n) is 1.36. The molecule has 0 aromatic heterocycles. The number of anilines is 1. The molecule has 0 spiro atoms. The molecule has 0 fully saturated rings. The van der Waals surface area contributed by atoms with E-state index >= 15 is 0 Å². The Labute approximate surface area is 93.4 Å². The van der Waals surface area contributed by atoms with Crippen molar-refractivity contribution in [3.63, 3.8) is 0 Å². The van der Waals surface area contributed by atoms with E-state index in [1.54, 1.807) is 13.0 Å². The summed E-state index contributed by atoms with van der Waals surface area (Å²) in [5.74, 6) is 0.549. The highest BCUT2D eigenvalue weighted by atomic mass is 35.5. The molecule has 2 amide bonds. The molecule has 1 rings (SSSR count). The third-order valence-corrected chi connectivity index (χ3v) is 2.69. The van der Waals surface area contributed by atoms with Crippen LogP contribution in [0.4, 0.5) is 10.5 Å². The predicted molar refractivity (Wildman–Crippen MR) is 60.7 cm³/mol. The Morgan fingerprint density at radius 3 is 2.60 bits per heavy atom. The molecule has 3 N–H and O–H groups in total. The largest absolute Gasteiger partial charge is 0.495 e. The normalized spacial score (nSPS) is 9.87. The number of methoxy groups -OCH3 is 1. The van der Waals surface area contributed by atoms with E-state index in [1.807, 2.05) is 6.92 Å². The molecule has 5 heteroatoms. The van der Waals surface area contributed by atoms with Gasteiger partial charge >= 0.3 is 6.03 Å². The summed E-state index contributed by atoms with van der Waals surface area (Å²) in [5.41, 5.74) is 7.20. The van der Waals surface area contributed by atoms with Gasteiger partial charge in [0, 0.05) is 5.02 Å². The minimum atomic E-state index is -0.642. The van der Waals surface area contributed by atoms with Crippen LogP contribution in [0, 0.1) is 13.8 Å². The summed E-state index contributed by atoms with van der Waals surface area (Å²) in [5, 5.41) is 3.09. The molecule has 82 valence electrons. The lowest BCUT2D eigenvalue weighted by Gasteiger charge is -2.14. The Bertz CT molecular complexity index is 405. The van der Waals surface area contributed by atoms with E-state index in [9.17, 15) is 4.79 Å². The lowest BCUT2D eigenvalue weighted by Crippen LogP contribution is -2.20. The summed E-state index contributed by atoms with van der Waals surface area (Å²) in [6, 6.07) is 1.11. The number of primary amides is 1. The maximum atomic E-state index is 10.8. The molecule has 0 unspecified atom stereocenters. The molecule has 1 aromatic carbocycles. The van der Waals surface area contributed by atoms with Gasteiger partial charge in [0.25, 0.3) is 0 Å². The molecule has 0 saturated carbocycles. The van der Waals surface area contributed by atoms with Crippen molar-refractivity contribution in [2.75, 3.05) is 12.4 Å². The van der Waals surface area contributed by atoms with Crippen LogP contribution in [0.15, 0.2) is 6.07 Å². The molecule has 0 aliphatic carbocycles. The summed E-state index contributed by atoms with van der Waals surface area (Å²) in [6.07, 6.45) is 0.